The van der Waals surface area contributed by atoms with Crippen molar-refractivity contribution in [2.45, 2.75) is 38.6 Å². The van der Waals surface area contributed by atoms with Gasteiger partial charge < -0.3 is 15.3 Å². The Bertz CT molecular complexity index is 544. The van der Waals surface area contributed by atoms with Crippen molar-refractivity contribution in [2.75, 3.05) is 11.9 Å². The number of carbonyl (C=O) groups is 2. The smallest absolute Gasteiger partial charge is 0.337 e. The minimum atomic E-state index is -1.08. The Kier molecular flexibility index (Phi) is 5.07. The molecule has 0 aliphatic heterocycles. The third-order valence-electron chi connectivity index (χ3n) is 3.45. The van der Waals surface area contributed by atoms with Crippen molar-refractivity contribution in [2.24, 2.45) is 0 Å². The number of rotatable bonds is 6. The molecular formula is C15H19ClN2O3. The molecule has 0 aromatic heterocycles. The highest BCUT2D eigenvalue weighted by Crippen LogP contribution is 2.28. The molecule has 0 spiro atoms. The van der Waals surface area contributed by atoms with Crippen LogP contribution in [0.4, 0.5) is 10.5 Å². The second-order valence-corrected chi connectivity index (χ2v) is 5.62. The SMILES string of the molecule is CCCCN(C(=O)Nc1ccc(C(=O)O)c(Cl)c1)C1CC1. The van der Waals surface area contributed by atoms with Gasteiger partial charge in [0.05, 0.1) is 10.6 Å². The van der Waals surface area contributed by atoms with Crippen LogP contribution in [-0.4, -0.2) is 34.6 Å². The van der Waals surface area contributed by atoms with E-state index >= 15 is 0 Å². The number of hydrogen-bond acceptors (Lipinski definition) is 2. The zero-order valence-corrected chi connectivity index (χ0v) is 12.7. The van der Waals surface area contributed by atoms with Gasteiger partial charge >= 0.3 is 12.0 Å². The lowest BCUT2D eigenvalue weighted by Crippen LogP contribution is -2.37. The first kappa shape index (κ1) is 15.6. The Morgan fingerprint density at radius 2 is 2.14 bits per heavy atom. The molecule has 0 atom stereocenters. The quantitative estimate of drug-likeness (QED) is 0.838. The van der Waals surface area contributed by atoms with E-state index in [2.05, 4.69) is 12.2 Å². The second kappa shape index (κ2) is 6.80. The number of nitrogens with zero attached hydrogens (tertiary/aromatic N) is 1. The molecule has 2 amide bonds. The summed E-state index contributed by atoms with van der Waals surface area (Å²) in [5, 5.41) is 11.8. The predicted octanol–water partition coefficient (Wildman–Crippen LogP) is 3.83. The van der Waals surface area contributed by atoms with Gasteiger partial charge in [0.2, 0.25) is 0 Å². The molecule has 0 bridgehead atoms. The monoisotopic (exact) mass is 310 g/mol. The molecule has 1 fully saturated rings. The Morgan fingerprint density at radius 3 is 2.67 bits per heavy atom. The summed E-state index contributed by atoms with van der Waals surface area (Å²) in [6, 6.07) is 4.61. The van der Waals surface area contributed by atoms with Crippen LogP contribution >= 0.6 is 11.6 Å². The number of halogens is 1. The maximum absolute atomic E-state index is 12.3. The van der Waals surface area contributed by atoms with Crippen LogP contribution in [0.25, 0.3) is 0 Å². The van der Waals surface area contributed by atoms with E-state index in [1.54, 1.807) is 6.07 Å². The molecule has 2 N–H and O–H groups in total. The molecule has 114 valence electrons. The Hall–Kier alpha value is -1.75. The van der Waals surface area contributed by atoms with Gasteiger partial charge in [0, 0.05) is 18.3 Å². The number of carboxylic acid groups (broad SMARTS) is 1. The molecule has 5 nitrogen and oxygen atoms in total. The number of unbranched alkanes of at least 4 members (excludes halogenated alkanes) is 1. The van der Waals surface area contributed by atoms with Crippen LogP contribution in [0, 0.1) is 0 Å². The number of nitrogens with one attached hydrogen (secondary N) is 1. The van der Waals surface area contributed by atoms with E-state index in [9.17, 15) is 9.59 Å². The molecule has 1 saturated carbocycles. The molecule has 6 heteroatoms. The molecule has 1 aromatic carbocycles. The number of amides is 2. The normalized spacial score (nSPS) is 13.8. The van der Waals surface area contributed by atoms with Crippen LogP contribution in [0.2, 0.25) is 5.02 Å². The number of anilines is 1. The van der Waals surface area contributed by atoms with Gasteiger partial charge in [-0.1, -0.05) is 24.9 Å². The fourth-order valence-electron chi connectivity index (χ4n) is 2.13. The first-order valence-electron chi connectivity index (χ1n) is 7.13. The molecule has 0 saturated heterocycles. The third-order valence-corrected chi connectivity index (χ3v) is 3.76. The van der Waals surface area contributed by atoms with E-state index in [1.165, 1.54) is 12.1 Å². The first-order valence-corrected chi connectivity index (χ1v) is 7.51. The van der Waals surface area contributed by atoms with Gasteiger partial charge in [0.25, 0.3) is 0 Å². The van der Waals surface area contributed by atoms with Gasteiger partial charge in [-0.2, -0.15) is 0 Å². The average molecular weight is 311 g/mol. The molecule has 2 rings (SSSR count). The van der Waals surface area contributed by atoms with Gasteiger partial charge in [0.1, 0.15) is 0 Å². The van der Waals surface area contributed by atoms with Crippen LogP contribution in [0.15, 0.2) is 18.2 Å². The second-order valence-electron chi connectivity index (χ2n) is 5.21. The number of aromatic carboxylic acids is 1. The highest BCUT2D eigenvalue weighted by Gasteiger charge is 2.32. The number of benzene rings is 1. The van der Waals surface area contributed by atoms with E-state index in [1.807, 2.05) is 4.90 Å². The summed E-state index contributed by atoms with van der Waals surface area (Å²) in [7, 11) is 0. The van der Waals surface area contributed by atoms with E-state index in [0.717, 1.165) is 32.2 Å². The number of urea groups is 1. The van der Waals surface area contributed by atoms with Crippen molar-refractivity contribution in [3.8, 4) is 0 Å². The predicted molar refractivity (Wildman–Crippen MR) is 82.1 cm³/mol. The molecule has 1 aliphatic carbocycles. The largest absolute Gasteiger partial charge is 0.478 e. The van der Waals surface area contributed by atoms with Crippen molar-refractivity contribution in [1.29, 1.82) is 0 Å². The van der Waals surface area contributed by atoms with Crippen LogP contribution in [0.3, 0.4) is 0 Å². The minimum Gasteiger partial charge on any atom is -0.478 e. The maximum Gasteiger partial charge on any atom is 0.337 e. The maximum atomic E-state index is 12.3. The van der Waals surface area contributed by atoms with Gasteiger partial charge in [-0.05, 0) is 37.5 Å². The molecule has 1 aromatic rings. The number of carbonyl (C=O) groups excluding carboxylic acids is 1. The lowest BCUT2D eigenvalue weighted by molar-refractivity contribution is 0.0697. The highest BCUT2D eigenvalue weighted by atomic mass is 35.5. The molecule has 0 heterocycles. The van der Waals surface area contributed by atoms with Crippen molar-refractivity contribution in [1.82, 2.24) is 4.90 Å². The fourth-order valence-corrected chi connectivity index (χ4v) is 2.39. The Labute approximate surface area is 128 Å². The summed E-state index contributed by atoms with van der Waals surface area (Å²) in [5.74, 6) is -1.08. The average Bonchev–Trinajstić information content (AvgIpc) is 3.23. The van der Waals surface area contributed by atoms with E-state index in [-0.39, 0.29) is 16.6 Å². The molecule has 21 heavy (non-hydrogen) atoms. The van der Waals surface area contributed by atoms with E-state index < -0.39 is 5.97 Å². The van der Waals surface area contributed by atoms with E-state index in [4.69, 9.17) is 16.7 Å². The zero-order valence-electron chi connectivity index (χ0n) is 11.9. The Balaban J connectivity index is 2.04. The van der Waals surface area contributed by atoms with E-state index in [0.29, 0.717) is 11.7 Å². The van der Waals surface area contributed by atoms with Crippen molar-refractivity contribution in [3.05, 3.63) is 28.8 Å². The van der Waals surface area contributed by atoms with Crippen LogP contribution < -0.4 is 5.32 Å². The van der Waals surface area contributed by atoms with Crippen LogP contribution in [-0.2, 0) is 0 Å². The molecule has 1 aliphatic rings. The summed E-state index contributed by atoms with van der Waals surface area (Å²) in [5.41, 5.74) is 0.539. The first-order chi connectivity index (χ1) is 10.0. The van der Waals surface area contributed by atoms with Crippen molar-refractivity contribution in [3.63, 3.8) is 0 Å². The van der Waals surface area contributed by atoms with Crippen LogP contribution in [0.5, 0.6) is 0 Å². The number of carboxylic acids is 1. The summed E-state index contributed by atoms with van der Waals surface area (Å²) in [4.78, 5) is 25.0. The van der Waals surface area contributed by atoms with Gasteiger partial charge in [0.15, 0.2) is 0 Å². The van der Waals surface area contributed by atoms with Crippen molar-refractivity contribution >= 4 is 29.3 Å². The summed E-state index contributed by atoms with van der Waals surface area (Å²) >= 11 is 5.90. The molecule has 0 unspecified atom stereocenters. The number of hydrogen-bond donors (Lipinski definition) is 2. The standard InChI is InChI=1S/C15H19ClN2O3/c1-2-3-8-18(11-5-6-11)15(21)17-10-4-7-12(14(19)20)13(16)9-10/h4,7,9,11H,2-3,5-6,8H2,1H3,(H,17,21)(H,19,20). The summed E-state index contributed by atoms with van der Waals surface area (Å²) in [6.07, 6.45) is 4.12. The van der Waals surface area contributed by atoms with Gasteiger partial charge in [-0.15, -0.1) is 0 Å². The molecular weight excluding hydrogens is 292 g/mol. The van der Waals surface area contributed by atoms with Gasteiger partial charge in [-0.3, -0.25) is 0 Å². The minimum absolute atomic E-state index is 0.0275. The van der Waals surface area contributed by atoms with Crippen LogP contribution in [0.1, 0.15) is 43.0 Å². The summed E-state index contributed by atoms with van der Waals surface area (Å²) in [6.45, 7) is 2.83. The van der Waals surface area contributed by atoms with Crippen molar-refractivity contribution < 1.29 is 14.7 Å². The zero-order chi connectivity index (χ0) is 15.4. The highest BCUT2D eigenvalue weighted by molar-refractivity contribution is 6.33. The third kappa shape index (κ3) is 4.11. The Morgan fingerprint density at radius 1 is 1.43 bits per heavy atom. The summed E-state index contributed by atoms with van der Waals surface area (Å²) < 4.78 is 0. The lowest BCUT2D eigenvalue weighted by Gasteiger charge is -2.22. The van der Waals surface area contributed by atoms with Gasteiger partial charge in [-0.25, -0.2) is 9.59 Å². The lowest BCUT2D eigenvalue weighted by atomic mass is 10.2. The fraction of sp³-hybridized carbons (Fsp3) is 0.467. The topological polar surface area (TPSA) is 69.6 Å². The molecule has 0 radical (unpaired) electrons.